The summed E-state index contributed by atoms with van der Waals surface area (Å²) in [6.07, 6.45) is 3.24. The lowest BCUT2D eigenvalue weighted by Crippen LogP contribution is -1.98. The average Bonchev–Trinajstić information content (AvgIpc) is 2.31. The lowest BCUT2D eigenvalue weighted by atomic mass is 10.2. The summed E-state index contributed by atoms with van der Waals surface area (Å²) in [5.74, 6) is -0.384. The third-order valence-corrected chi connectivity index (χ3v) is 2.04. The fourth-order valence-electron chi connectivity index (χ4n) is 1.31. The zero-order valence-electron chi connectivity index (χ0n) is 8.31. The lowest BCUT2D eigenvalue weighted by molar-refractivity contribution is 0.389. The van der Waals surface area contributed by atoms with Crippen molar-refractivity contribution in [2.75, 3.05) is 10.8 Å². The summed E-state index contributed by atoms with van der Waals surface area (Å²) < 4.78 is 13.0. The molecule has 16 heavy (non-hydrogen) atoms. The van der Waals surface area contributed by atoms with Gasteiger partial charge in [-0.1, -0.05) is 0 Å². The van der Waals surface area contributed by atoms with E-state index in [1.165, 1.54) is 18.2 Å². The topological polar surface area (TPSA) is 57.2 Å². The summed E-state index contributed by atoms with van der Waals surface area (Å²) in [4.78, 5) is 3.92. The van der Waals surface area contributed by atoms with Crippen LogP contribution in [-0.4, -0.2) is 10.2 Å². The minimum absolute atomic E-state index is 0.384. The van der Waals surface area contributed by atoms with Crippen molar-refractivity contribution in [2.24, 2.45) is 0 Å². The zero-order valence-corrected chi connectivity index (χ0v) is 8.31. The molecule has 0 fully saturated rings. The van der Waals surface area contributed by atoms with Crippen molar-refractivity contribution >= 4 is 17.1 Å². The van der Waals surface area contributed by atoms with Crippen molar-refractivity contribution in [3.8, 4) is 0 Å². The second kappa shape index (κ2) is 4.59. The maximum Gasteiger partial charge on any atom is 0.125 e. The third kappa shape index (κ3) is 2.26. The Bertz CT molecular complexity index is 476. The Labute approximate surface area is 91.7 Å². The largest absolute Gasteiger partial charge is 0.352 e. The van der Waals surface area contributed by atoms with Crippen LogP contribution in [-0.2, 0) is 0 Å². The number of halogens is 1. The first-order valence-corrected chi connectivity index (χ1v) is 4.66. The van der Waals surface area contributed by atoms with Crippen LogP contribution >= 0.6 is 0 Å². The van der Waals surface area contributed by atoms with Crippen LogP contribution in [0.1, 0.15) is 0 Å². The molecule has 3 N–H and O–H groups in total. The second-order valence-corrected chi connectivity index (χ2v) is 3.17. The van der Waals surface area contributed by atoms with E-state index in [-0.39, 0.29) is 5.82 Å². The molecule has 0 saturated heterocycles. The van der Waals surface area contributed by atoms with Crippen molar-refractivity contribution in [3.63, 3.8) is 0 Å². The van der Waals surface area contributed by atoms with Gasteiger partial charge < -0.3 is 5.32 Å². The molecule has 0 bridgehead atoms. The number of aromatic nitrogens is 1. The van der Waals surface area contributed by atoms with Gasteiger partial charge in [-0.25, -0.2) is 4.39 Å². The highest BCUT2D eigenvalue weighted by Gasteiger charge is 2.03. The predicted octanol–water partition coefficient (Wildman–Crippen LogP) is 2.77. The van der Waals surface area contributed by atoms with Gasteiger partial charge >= 0.3 is 0 Å². The van der Waals surface area contributed by atoms with E-state index in [9.17, 15) is 4.39 Å². The Morgan fingerprint density at radius 3 is 2.75 bits per heavy atom. The highest BCUT2D eigenvalue weighted by molar-refractivity contribution is 5.73. The van der Waals surface area contributed by atoms with E-state index in [2.05, 4.69) is 10.3 Å². The predicted molar refractivity (Wildman–Crippen MR) is 59.3 cm³/mol. The molecule has 0 aliphatic carbocycles. The highest BCUT2D eigenvalue weighted by Crippen LogP contribution is 2.25. The number of rotatable bonds is 3. The molecule has 0 aliphatic heterocycles. The molecule has 1 aromatic carbocycles. The first kappa shape index (κ1) is 10.4. The molecule has 0 unspecified atom stereocenters. The van der Waals surface area contributed by atoms with Gasteiger partial charge in [0.1, 0.15) is 5.82 Å². The SMILES string of the molecule is ONc1ccc(F)cc1Nc1cccnc1. The number of benzene rings is 1. The highest BCUT2D eigenvalue weighted by atomic mass is 19.1. The molecule has 1 aromatic heterocycles. The third-order valence-electron chi connectivity index (χ3n) is 2.04. The van der Waals surface area contributed by atoms with Crippen LogP contribution in [0.3, 0.4) is 0 Å². The normalized spacial score (nSPS) is 9.88. The van der Waals surface area contributed by atoms with E-state index in [1.807, 2.05) is 5.48 Å². The Morgan fingerprint density at radius 2 is 2.06 bits per heavy atom. The summed E-state index contributed by atoms with van der Waals surface area (Å²) >= 11 is 0. The Kier molecular flexibility index (Phi) is 2.98. The molecular weight excluding hydrogens is 209 g/mol. The molecule has 5 heteroatoms. The van der Waals surface area contributed by atoms with Crippen LogP contribution in [0.2, 0.25) is 0 Å². The van der Waals surface area contributed by atoms with Crippen molar-refractivity contribution in [3.05, 3.63) is 48.5 Å². The van der Waals surface area contributed by atoms with Gasteiger partial charge in [-0.05, 0) is 30.3 Å². The van der Waals surface area contributed by atoms with Crippen LogP contribution in [0.25, 0.3) is 0 Å². The van der Waals surface area contributed by atoms with E-state index in [0.29, 0.717) is 17.1 Å². The van der Waals surface area contributed by atoms with E-state index in [1.54, 1.807) is 24.5 Å². The number of pyridine rings is 1. The van der Waals surface area contributed by atoms with E-state index >= 15 is 0 Å². The van der Waals surface area contributed by atoms with Crippen LogP contribution in [0.5, 0.6) is 0 Å². The quantitative estimate of drug-likeness (QED) is 0.695. The first-order chi connectivity index (χ1) is 7.79. The fraction of sp³-hybridized carbons (Fsp3) is 0. The maximum atomic E-state index is 13.0. The molecule has 2 rings (SSSR count). The molecule has 2 aromatic rings. The van der Waals surface area contributed by atoms with Crippen molar-refractivity contribution in [1.82, 2.24) is 4.98 Å². The van der Waals surface area contributed by atoms with Crippen LogP contribution in [0.4, 0.5) is 21.5 Å². The summed E-state index contributed by atoms with van der Waals surface area (Å²) in [5.41, 5.74) is 3.54. The zero-order chi connectivity index (χ0) is 11.4. The Balaban J connectivity index is 2.30. The molecule has 0 atom stereocenters. The van der Waals surface area contributed by atoms with Gasteiger partial charge in [-0.3, -0.25) is 15.7 Å². The Morgan fingerprint density at radius 1 is 1.19 bits per heavy atom. The van der Waals surface area contributed by atoms with E-state index < -0.39 is 0 Å². The molecule has 0 amide bonds. The van der Waals surface area contributed by atoms with Crippen molar-refractivity contribution in [1.29, 1.82) is 0 Å². The number of nitrogens with zero attached hydrogens (tertiary/aromatic N) is 1. The molecule has 1 heterocycles. The summed E-state index contributed by atoms with van der Waals surface area (Å²) in [6.45, 7) is 0. The lowest BCUT2D eigenvalue weighted by Gasteiger charge is -2.10. The van der Waals surface area contributed by atoms with Gasteiger partial charge in [0, 0.05) is 6.20 Å². The second-order valence-electron chi connectivity index (χ2n) is 3.17. The van der Waals surface area contributed by atoms with Crippen LogP contribution in [0, 0.1) is 5.82 Å². The fourth-order valence-corrected chi connectivity index (χ4v) is 1.31. The van der Waals surface area contributed by atoms with Crippen LogP contribution < -0.4 is 10.8 Å². The smallest absolute Gasteiger partial charge is 0.125 e. The molecule has 0 radical (unpaired) electrons. The standard InChI is InChI=1S/C11H10FN3O/c12-8-3-4-10(15-16)11(6-8)14-9-2-1-5-13-7-9/h1-7,14-16H. The van der Waals surface area contributed by atoms with Gasteiger partial charge in [0.15, 0.2) is 0 Å². The van der Waals surface area contributed by atoms with Crippen LogP contribution in [0.15, 0.2) is 42.7 Å². The summed E-state index contributed by atoms with van der Waals surface area (Å²) in [6, 6.07) is 7.53. The molecule has 82 valence electrons. The summed E-state index contributed by atoms with van der Waals surface area (Å²) in [7, 11) is 0. The molecule has 4 nitrogen and oxygen atoms in total. The number of hydrogen-bond acceptors (Lipinski definition) is 4. The van der Waals surface area contributed by atoms with Gasteiger partial charge in [0.2, 0.25) is 0 Å². The minimum atomic E-state index is -0.384. The van der Waals surface area contributed by atoms with Gasteiger partial charge in [-0.2, -0.15) is 0 Å². The number of hydrogen-bond donors (Lipinski definition) is 3. The molecule has 0 aliphatic rings. The van der Waals surface area contributed by atoms with Crippen molar-refractivity contribution in [2.45, 2.75) is 0 Å². The molecular formula is C11H10FN3O. The van der Waals surface area contributed by atoms with Crippen molar-refractivity contribution < 1.29 is 9.60 Å². The maximum absolute atomic E-state index is 13.0. The monoisotopic (exact) mass is 219 g/mol. The average molecular weight is 219 g/mol. The Hall–Kier alpha value is -2.14. The summed E-state index contributed by atoms with van der Waals surface area (Å²) in [5, 5.41) is 11.8. The minimum Gasteiger partial charge on any atom is -0.352 e. The number of anilines is 3. The first-order valence-electron chi connectivity index (χ1n) is 4.66. The van der Waals surface area contributed by atoms with Gasteiger partial charge in [0.25, 0.3) is 0 Å². The molecule has 0 saturated carbocycles. The van der Waals surface area contributed by atoms with Gasteiger partial charge in [-0.15, -0.1) is 0 Å². The van der Waals surface area contributed by atoms with E-state index in [0.717, 1.165) is 0 Å². The number of nitrogens with one attached hydrogen (secondary N) is 2. The van der Waals surface area contributed by atoms with E-state index in [4.69, 9.17) is 5.21 Å². The molecule has 0 spiro atoms. The van der Waals surface area contributed by atoms with Gasteiger partial charge in [0.05, 0.1) is 23.3 Å².